The number of nitrogens with one attached hydrogen (secondary N) is 1. The van der Waals surface area contributed by atoms with Crippen LogP contribution in [0.4, 0.5) is 0 Å². The number of aromatic nitrogens is 1. The molecule has 2 aromatic rings. The highest BCUT2D eigenvalue weighted by Gasteiger charge is 2.09. The first-order valence-electron chi connectivity index (χ1n) is 7.18. The molecule has 1 aromatic carbocycles. The number of aliphatic hydroxyl groups excluding tert-OH is 1. The summed E-state index contributed by atoms with van der Waals surface area (Å²) in [6.45, 7) is 3.39. The third-order valence-electron chi connectivity index (χ3n) is 3.27. The van der Waals surface area contributed by atoms with Gasteiger partial charge >= 0.3 is 0 Å². The molecular formula is C17H22N2O2. The van der Waals surface area contributed by atoms with Crippen LogP contribution < -0.4 is 5.32 Å². The van der Waals surface area contributed by atoms with Gasteiger partial charge in [-0.15, -0.1) is 0 Å². The maximum Gasteiger partial charge on any atom is 0.0898 e. The normalized spacial score (nSPS) is 13.8. The van der Waals surface area contributed by atoms with Gasteiger partial charge in [-0.3, -0.25) is 4.98 Å². The standard InChI is InChI=1S/C17H22N2O2/c1-14(16-8-5-9-18-10-16)19-11-17(20)13-21-12-15-6-3-2-4-7-15/h2-10,14,17,19-20H,11-13H2,1H3/t14-,17?/m0/s1. The van der Waals surface area contributed by atoms with Gasteiger partial charge in [0, 0.05) is 25.0 Å². The second-order valence-corrected chi connectivity index (χ2v) is 5.07. The van der Waals surface area contributed by atoms with Crippen LogP contribution in [-0.4, -0.2) is 29.3 Å². The quantitative estimate of drug-likeness (QED) is 0.782. The Hall–Kier alpha value is -1.75. The molecule has 4 heteroatoms. The fraction of sp³-hybridized carbons (Fsp3) is 0.353. The van der Waals surface area contributed by atoms with Crippen molar-refractivity contribution in [2.45, 2.75) is 25.7 Å². The van der Waals surface area contributed by atoms with Crippen molar-refractivity contribution in [3.63, 3.8) is 0 Å². The minimum absolute atomic E-state index is 0.155. The minimum Gasteiger partial charge on any atom is -0.389 e. The van der Waals surface area contributed by atoms with Gasteiger partial charge in [-0.25, -0.2) is 0 Å². The van der Waals surface area contributed by atoms with Crippen molar-refractivity contribution < 1.29 is 9.84 Å². The number of nitrogens with zero attached hydrogens (tertiary/aromatic N) is 1. The van der Waals surface area contributed by atoms with E-state index < -0.39 is 6.10 Å². The Bertz CT molecular complexity index is 505. The number of benzene rings is 1. The summed E-state index contributed by atoms with van der Waals surface area (Å²) in [6.07, 6.45) is 3.06. The van der Waals surface area contributed by atoms with Crippen molar-refractivity contribution in [1.82, 2.24) is 10.3 Å². The fourth-order valence-electron chi connectivity index (χ4n) is 2.01. The number of rotatable bonds is 8. The van der Waals surface area contributed by atoms with E-state index in [2.05, 4.69) is 17.2 Å². The van der Waals surface area contributed by atoms with Crippen LogP contribution in [0.25, 0.3) is 0 Å². The molecule has 0 saturated heterocycles. The van der Waals surface area contributed by atoms with Crippen LogP contribution in [0.1, 0.15) is 24.1 Å². The summed E-state index contributed by atoms with van der Waals surface area (Å²) in [4.78, 5) is 4.09. The Balaban J connectivity index is 1.64. The smallest absolute Gasteiger partial charge is 0.0898 e. The molecule has 1 heterocycles. The summed E-state index contributed by atoms with van der Waals surface area (Å²) in [6, 6.07) is 14.0. The van der Waals surface area contributed by atoms with Crippen LogP contribution in [0, 0.1) is 0 Å². The summed E-state index contributed by atoms with van der Waals surface area (Å²) < 4.78 is 5.52. The van der Waals surface area contributed by atoms with Gasteiger partial charge in [-0.05, 0) is 24.1 Å². The third kappa shape index (κ3) is 5.63. The molecule has 112 valence electrons. The highest BCUT2D eigenvalue weighted by atomic mass is 16.5. The van der Waals surface area contributed by atoms with Crippen LogP contribution in [0.5, 0.6) is 0 Å². The van der Waals surface area contributed by atoms with Crippen LogP contribution in [0.2, 0.25) is 0 Å². The molecule has 1 unspecified atom stereocenters. The molecule has 2 atom stereocenters. The average molecular weight is 286 g/mol. The van der Waals surface area contributed by atoms with E-state index in [1.807, 2.05) is 48.7 Å². The van der Waals surface area contributed by atoms with Crippen molar-refractivity contribution in [3.05, 3.63) is 66.0 Å². The van der Waals surface area contributed by atoms with Gasteiger partial charge in [-0.1, -0.05) is 36.4 Å². The molecule has 0 aliphatic rings. The molecule has 1 aromatic heterocycles. The highest BCUT2D eigenvalue weighted by Crippen LogP contribution is 2.09. The molecular weight excluding hydrogens is 264 g/mol. The lowest BCUT2D eigenvalue weighted by molar-refractivity contribution is 0.0278. The number of ether oxygens (including phenoxy) is 1. The Morgan fingerprint density at radius 3 is 2.71 bits per heavy atom. The maximum absolute atomic E-state index is 9.92. The molecule has 0 radical (unpaired) electrons. The summed E-state index contributed by atoms with van der Waals surface area (Å²) in [5.41, 5.74) is 2.22. The zero-order valence-electron chi connectivity index (χ0n) is 12.3. The van der Waals surface area contributed by atoms with E-state index in [9.17, 15) is 5.11 Å². The van der Waals surface area contributed by atoms with Crippen molar-refractivity contribution in [2.24, 2.45) is 0 Å². The van der Waals surface area contributed by atoms with E-state index in [0.717, 1.165) is 11.1 Å². The fourth-order valence-corrected chi connectivity index (χ4v) is 2.01. The lowest BCUT2D eigenvalue weighted by Crippen LogP contribution is -2.32. The van der Waals surface area contributed by atoms with E-state index in [0.29, 0.717) is 19.8 Å². The second kappa shape index (κ2) is 8.52. The molecule has 0 bridgehead atoms. The van der Waals surface area contributed by atoms with Gasteiger partial charge < -0.3 is 15.2 Å². The molecule has 0 amide bonds. The van der Waals surface area contributed by atoms with E-state index in [4.69, 9.17) is 4.74 Å². The van der Waals surface area contributed by atoms with E-state index in [1.54, 1.807) is 6.20 Å². The number of pyridine rings is 1. The molecule has 0 fully saturated rings. The number of aliphatic hydroxyl groups is 1. The number of hydrogen-bond acceptors (Lipinski definition) is 4. The summed E-state index contributed by atoms with van der Waals surface area (Å²) >= 11 is 0. The summed E-state index contributed by atoms with van der Waals surface area (Å²) in [5.74, 6) is 0. The van der Waals surface area contributed by atoms with Gasteiger partial charge in [0.1, 0.15) is 0 Å². The van der Waals surface area contributed by atoms with Gasteiger partial charge in [-0.2, -0.15) is 0 Å². The molecule has 2 rings (SSSR count). The van der Waals surface area contributed by atoms with Gasteiger partial charge in [0.2, 0.25) is 0 Å². The minimum atomic E-state index is -0.521. The Kier molecular flexibility index (Phi) is 6.34. The Labute approximate surface area is 125 Å². The van der Waals surface area contributed by atoms with E-state index in [1.165, 1.54) is 0 Å². The van der Waals surface area contributed by atoms with Gasteiger partial charge in [0.25, 0.3) is 0 Å². The topological polar surface area (TPSA) is 54.4 Å². The Morgan fingerprint density at radius 2 is 2.00 bits per heavy atom. The molecule has 4 nitrogen and oxygen atoms in total. The highest BCUT2D eigenvalue weighted by molar-refractivity contribution is 5.13. The first-order valence-corrected chi connectivity index (χ1v) is 7.18. The van der Waals surface area contributed by atoms with E-state index >= 15 is 0 Å². The predicted octanol–water partition coefficient (Wildman–Crippen LogP) is 2.31. The zero-order valence-corrected chi connectivity index (χ0v) is 12.3. The lowest BCUT2D eigenvalue weighted by atomic mass is 10.1. The lowest BCUT2D eigenvalue weighted by Gasteiger charge is -2.17. The first-order chi connectivity index (χ1) is 10.3. The van der Waals surface area contributed by atoms with Gasteiger partial charge in [0.15, 0.2) is 0 Å². The van der Waals surface area contributed by atoms with Crippen LogP contribution in [0.15, 0.2) is 54.9 Å². The maximum atomic E-state index is 9.92. The van der Waals surface area contributed by atoms with Gasteiger partial charge in [0.05, 0.1) is 19.3 Å². The molecule has 0 saturated carbocycles. The van der Waals surface area contributed by atoms with Crippen molar-refractivity contribution in [1.29, 1.82) is 0 Å². The molecule has 21 heavy (non-hydrogen) atoms. The van der Waals surface area contributed by atoms with Crippen molar-refractivity contribution in [2.75, 3.05) is 13.2 Å². The van der Waals surface area contributed by atoms with Crippen LogP contribution in [-0.2, 0) is 11.3 Å². The summed E-state index contributed by atoms with van der Waals surface area (Å²) in [5, 5.41) is 13.2. The third-order valence-corrected chi connectivity index (χ3v) is 3.27. The van der Waals surface area contributed by atoms with Crippen LogP contribution in [0.3, 0.4) is 0 Å². The SMILES string of the molecule is C[C@H](NCC(O)COCc1ccccc1)c1cccnc1. The van der Waals surface area contributed by atoms with Crippen molar-refractivity contribution in [3.8, 4) is 0 Å². The predicted molar refractivity (Wildman–Crippen MR) is 82.8 cm³/mol. The number of hydrogen-bond donors (Lipinski definition) is 2. The largest absolute Gasteiger partial charge is 0.389 e. The Morgan fingerprint density at radius 1 is 1.19 bits per heavy atom. The molecule has 0 aliphatic heterocycles. The first kappa shape index (κ1) is 15.6. The zero-order chi connectivity index (χ0) is 14.9. The average Bonchev–Trinajstić information content (AvgIpc) is 2.54. The summed E-state index contributed by atoms with van der Waals surface area (Å²) in [7, 11) is 0. The molecule has 2 N–H and O–H groups in total. The monoisotopic (exact) mass is 286 g/mol. The second-order valence-electron chi connectivity index (χ2n) is 5.07. The van der Waals surface area contributed by atoms with Crippen molar-refractivity contribution >= 4 is 0 Å². The molecule has 0 aliphatic carbocycles. The van der Waals surface area contributed by atoms with E-state index in [-0.39, 0.29) is 6.04 Å². The molecule has 0 spiro atoms. The van der Waals surface area contributed by atoms with Crippen LogP contribution >= 0.6 is 0 Å².